The van der Waals surface area contributed by atoms with Crippen LogP contribution in [0.5, 0.6) is 0 Å². The van der Waals surface area contributed by atoms with Gasteiger partial charge in [0, 0.05) is 12.6 Å². The maximum atomic E-state index is 11.5. The third-order valence-corrected chi connectivity index (χ3v) is 3.84. The van der Waals surface area contributed by atoms with Gasteiger partial charge in [-0.25, -0.2) is 4.98 Å². The van der Waals surface area contributed by atoms with Crippen LogP contribution >= 0.6 is 0 Å². The van der Waals surface area contributed by atoms with Gasteiger partial charge in [-0.1, -0.05) is 6.92 Å². The topological polar surface area (TPSA) is 71.2 Å². The average Bonchev–Trinajstić information content (AvgIpc) is 2.48. The van der Waals surface area contributed by atoms with Crippen LogP contribution in [-0.2, 0) is 4.79 Å². The first-order chi connectivity index (χ1) is 9.61. The summed E-state index contributed by atoms with van der Waals surface area (Å²) in [4.78, 5) is 18.3. The summed E-state index contributed by atoms with van der Waals surface area (Å²) in [5.74, 6) is 0.343. The molecule has 2 heterocycles. The van der Waals surface area contributed by atoms with Crippen LogP contribution in [0.3, 0.4) is 0 Å². The molecule has 2 rings (SSSR count). The Balaban J connectivity index is 2.05. The number of hydrogen-bond acceptors (Lipinski definition) is 4. The minimum atomic E-state index is -0.525. The van der Waals surface area contributed by atoms with Gasteiger partial charge in [0.1, 0.15) is 5.82 Å². The lowest BCUT2D eigenvalue weighted by Crippen LogP contribution is -2.39. The van der Waals surface area contributed by atoms with Crippen LogP contribution in [0.15, 0.2) is 18.3 Å². The van der Waals surface area contributed by atoms with Crippen LogP contribution in [0.4, 0.5) is 11.5 Å². The predicted molar refractivity (Wildman–Crippen MR) is 81.8 cm³/mol. The molecule has 1 aromatic rings. The predicted octanol–water partition coefficient (Wildman–Crippen LogP) is 2.14. The highest BCUT2D eigenvalue weighted by molar-refractivity contribution is 5.93. The van der Waals surface area contributed by atoms with Crippen molar-refractivity contribution in [2.24, 2.45) is 5.73 Å². The zero-order chi connectivity index (χ0) is 14.5. The zero-order valence-corrected chi connectivity index (χ0v) is 12.3. The number of nitrogens with one attached hydrogen (secondary N) is 1. The smallest absolute Gasteiger partial charge is 0.242 e. The molecule has 1 amide bonds. The second-order valence-corrected chi connectivity index (χ2v) is 5.43. The van der Waals surface area contributed by atoms with Gasteiger partial charge in [-0.15, -0.1) is 0 Å². The lowest BCUT2D eigenvalue weighted by atomic mass is 9.99. The molecule has 5 heteroatoms. The van der Waals surface area contributed by atoms with E-state index in [-0.39, 0.29) is 5.91 Å². The van der Waals surface area contributed by atoms with E-state index in [0.717, 1.165) is 18.7 Å². The molecule has 0 bridgehead atoms. The lowest BCUT2D eigenvalue weighted by molar-refractivity contribution is -0.117. The molecule has 1 saturated heterocycles. The number of aromatic nitrogens is 1. The standard InChI is InChI=1S/C15H24N4O/c1-3-12-6-4-5-9-19(12)13-7-8-14(17-10-13)18-15(20)11(2)16/h7-8,10-12H,3-6,9,16H2,1-2H3,(H,17,18,20). The second kappa shape index (κ2) is 6.70. The van der Waals surface area contributed by atoms with Crippen molar-refractivity contribution in [3.63, 3.8) is 0 Å². The molecule has 110 valence electrons. The number of amides is 1. The van der Waals surface area contributed by atoms with E-state index in [1.54, 1.807) is 6.92 Å². The fourth-order valence-corrected chi connectivity index (χ4v) is 2.63. The summed E-state index contributed by atoms with van der Waals surface area (Å²) in [5, 5.41) is 2.70. The van der Waals surface area contributed by atoms with E-state index in [2.05, 4.69) is 22.1 Å². The monoisotopic (exact) mass is 276 g/mol. The van der Waals surface area contributed by atoms with Gasteiger partial charge in [-0.05, 0) is 44.7 Å². The molecule has 0 aromatic carbocycles. The normalized spacial score (nSPS) is 20.6. The lowest BCUT2D eigenvalue weighted by Gasteiger charge is -2.37. The third kappa shape index (κ3) is 3.48. The Morgan fingerprint density at radius 1 is 1.55 bits per heavy atom. The molecule has 0 saturated carbocycles. The highest BCUT2D eigenvalue weighted by atomic mass is 16.2. The molecule has 2 atom stereocenters. The first-order valence-electron chi connectivity index (χ1n) is 7.41. The summed E-state index contributed by atoms with van der Waals surface area (Å²) in [6, 6.07) is 3.95. The van der Waals surface area contributed by atoms with E-state index in [4.69, 9.17) is 5.73 Å². The molecule has 1 aromatic heterocycles. The molecule has 20 heavy (non-hydrogen) atoms. The van der Waals surface area contributed by atoms with Crippen LogP contribution in [0.2, 0.25) is 0 Å². The Labute approximate surface area is 120 Å². The van der Waals surface area contributed by atoms with Crippen LogP contribution in [-0.4, -0.2) is 29.5 Å². The van der Waals surface area contributed by atoms with Crippen molar-refractivity contribution < 1.29 is 4.79 Å². The number of carbonyl (C=O) groups excluding carboxylic acids is 1. The fourth-order valence-electron chi connectivity index (χ4n) is 2.63. The molecule has 0 spiro atoms. The number of nitrogens with zero attached hydrogens (tertiary/aromatic N) is 2. The van der Waals surface area contributed by atoms with Gasteiger partial charge in [0.25, 0.3) is 0 Å². The van der Waals surface area contributed by atoms with Gasteiger partial charge in [0.05, 0.1) is 17.9 Å². The number of hydrogen-bond donors (Lipinski definition) is 2. The van der Waals surface area contributed by atoms with E-state index in [1.807, 2.05) is 18.3 Å². The number of nitrogens with two attached hydrogens (primary N) is 1. The first-order valence-corrected chi connectivity index (χ1v) is 7.41. The summed E-state index contributed by atoms with van der Waals surface area (Å²) in [5.41, 5.74) is 6.65. The molecule has 1 aliphatic heterocycles. The van der Waals surface area contributed by atoms with Crippen molar-refractivity contribution in [1.29, 1.82) is 0 Å². The maximum Gasteiger partial charge on any atom is 0.242 e. The van der Waals surface area contributed by atoms with Gasteiger partial charge in [-0.3, -0.25) is 4.79 Å². The minimum absolute atomic E-state index is 0.213. The minimum Gasteiger partial charge on any atom is -0.367 e. The van der Waals surface area contributed by atoms with E-state index >= 15 is 0 Å². The number of pyridine rings is 1. The fraction of sp³-hybridized carbons (Fsp3) is 0.600. The highest BCUT2D eigenvalue weighted by Crippen LogP contribution is 2.26. The summed E-state index contributed by atoms with van der Waals surface area (Å²) in [7, 11) is 0. The van der Waals surface area contributed by atoms with Crippen molar-refractivity contribution in [1.82, 2.24) is 4.98 Å². The van der Waals surface area contributed by atoms with Gasteiger partial charge >= 0.3 is 0 Å². The second-order valence-electron chi connectivity index (χ2n) is 5.43. The van der Waals surface area contributed by atoms with Gasteiger partial charge in [0.15, 0.2) is 0 Å². The largest absolute Gasteiger partial charge is 0.367 e. The third-order valence-electron chi connectivity index (χ3n) is 3.84. The van der Waals surface area contributed by atoms with E-state index < -0.39 is 6.04 Å². The Morgan fingerprint density at radius 2 is 2.35 bits per heavy atom. The number of anilines is 2. The molecule has 5 nitrogen and oxygen atoms in total. The molecular weight excluding hydrogens is 252 g/mol. The average molecular weight is 276 g/mol. The van der Waals surface area contributed by atoms with Crippen molar-refractivity contribution in [3.8, 4) is 0 Å². The number of piperidine rings is 1. The number of carbonyl (C=O) groups is 1. The van der Waals surface area contributed by atoms with Crippen LogP contribution < -0.4 is 16.0 Å². The summed E-state index contributed by atoms with van der Waals surface area (Å²) >= 11 is 0. The Hall–Kier alpha value is -1.62. The van der Waals surface area contributed by atoms with E-state index in [0.29, 0.717) is 11.9 Å². The van der Waals surface area contributed by atoms with Gasteiger partial charge in [0.2, 0.25) is 5.91 Å². The van der Waals surface area contributed by atoms with Crippen molar-refractivity contribution >= 4 is 17.4 Å². The zero-order valence-electron chi connectivity index (χ0n) is 12.3. The van der Waals surface area contributed by atoms with Crippen LogP contribution in [0, 0.1) is 0 Å². The molecular formula is C15H24N4O. The van der Waals surface area contributed by atoms with E-state index in [9.17, 15) is 4.79 Å². The molecule has 0 radical (unpaired) electrons. The number of rotatable bonds is 4. The first kappa shape index (κ1) is 14.8. The highest BCUT2D eigenvalue weighted by Gasteiger charge is 2.21. The Kier molecular flexibility index (Phi) is 4.95. The Morgan fingerprint density at radius 3 is 2.95 bits per heavy atom. The molecule has 0 aliphatic carbocycles. The molecule has 1 fully saturated rings. The quantitative estimate of drug-likeness (QED) is 0.884. The van der Waals surface area contributed by atoms with Crippen LogP contribution in [0.1, 0.15) is 39.5 Å². The maximum absolute atomic E-state index is 11.5. The van der Waals surface area contributed by atoms with Gasteiger partial charge in [-0.2, -0.15) is 0 Å². The summed E-state index contributed by atoms with van der Waals surface area (Å²) < 4.78 is 0. The Bertz CT molecular complexity index is 444. The van der Waals surface area contributed by atoms with Crippen LogP contribution in [0.25, 0.3) is 0 Å². The summed E-state index contributed by atoms with van der Waals surface area (Å²) in [6.07, 6.45) is 6.79. The SMILES string of the molecule is CCC1CCCCN1c1ccc(NC(=O)C(C)N)nc1. The van der Waals surface area contributed by atoms with Crippen molar-refractivity contribution in [2.45, 2.75) is 51.6 Å². The molecule has 1 aliphatic rings. The van der Waals surface area contributed by atoms with Gasteiger partial charge < -0.3 is 16.0 Å². The molecule has 3 N–H and O–H groups in total. The summed E-state index contributed by atoms with van der Waals surface area (Å²) in [6.45, 7) is 4.97. The molecule has 2 unspecified atom stereocenters. The van der Waals surface area contributed by atoms with E-state index in [1.165, 1.54) is 19.3 Å². The van der Waals surface area contributed by atoms with Crippen molar-refractivity contribution in [2.75, 3.05) is 16.8 Å². The van der Waals surface area contributed by atoms with Crippen molar-refractivity contribution in [3.05, 3.63) is 18.3 Å².